The van der Waals surface area contributed by atoms with Crippen LogP contribution in [-0.2, 0) is 0 Å². The molecule has 3 aromatic heterocycles. The molecule has 0 saturated carbocycles. The lowest BCUT2D eigenvalue weighted by Crippen LogP contribution is -1.92. The summed E-state index contributed by atoms with van der Waals surface area (Å²) in [5.74, 6) is 1.38. The van der Waals surface area contributed by atoms with Crippen molar-refractivity contribution >= 4 is 5.69 Å². The Morgan fingerprint density at radius 1 is 1.16 bits per heavy atom. The molecule has 0 amide bonds. The number of hydrogen-bond acceptors (Lipinski definition) is 7. The summed E-state index contributed by atoms with van der Waals surface area (Å²) >= 11 is 0. The highest BCUT2D eigenvalue weighted by Gasteiger charge is 2.13. The minimum atomic E-state index is 0.339. The van der Waals surface area contributed by atoms with E-state index in [4.69, 9.17) is 10.3 Å². The lowest BCUT2D eigenvalue weighted by molar-refractivity contribution is 0.432. The van der Waals surface area contributed by atoms with Gasteiger partial charge >= 0.3 is 0 Å². The summed E-state index contributed by atoms with van der Waals surface area (Å²) in [4.78, 5) is 16.4. The van der Waals surface area contributed by atoms with E-state index in [1.165, 1.54) is 6.20 Å². The van der Waals surface area contributed by atoms with Crippen LogP contribution in [0.25, 0.3) is 23.0 Å². The molecule has 0 bridgehead atoms. The van der Waals surface area contributed by atoms with Crippen molar-refractivity contribution in [2.24, 2.45) is 0 Å². The van der Waals surface area contributed by atoms with E-state index < -0.39 is 0 Å². The molecule has 0 aromatic carbocycles. The van der Waals surface area contributed by atoms with Crippen LogP contribution in [0.4, 0.5) is 5.69 Å². The number of pyridine rings is 1. The van der Waals surface area contributed by atoms with Gasteiger partial charge in [0.1, 0.15) is 11.5 Å². The van der Waals surface area contributed by atoms with Gasteiger partial charge in [0.25, 0.3) is 5.89 Å². The van der Waals surface area contributed by atoms with Crippen LogP contribution in [-0.4, -0.2) is 25.1 Å². The van der Waals surface area contributed by atoms with Crippen molar-refractivity contribution in [1.29, 1.82) is 0 Å². The summed E-state index contributed by atoms with van der Waals surface area (Å²) in [6.07, 6.45) is 4.80. The second-order valence-corrected chi connectivity index (χ2v) is 3.88. The molecule has 0 spiro atoms. The number of aryl methyl sites for hydroxylation is 1. The van der Waals surface area contributed by atoms with Crippen molar-refractivity contribution < 1.29 is 4.52 Å². The summed E-state index contributed by atoms with van der Waals surface area (Å²) in [5, 5.41) is 3.89. The second kappa shape index (κ2) is 4.45. The van der Waals surface area contributed by atoms with Gasteiger partial charge in [-0.15, -0.1) is 0 Å². The number of hydrogen-bond donors (Lipinski definition) is 1. The quantitative estimate of drug-likeness (QED) is 0.738. The Labute approximate surface area is 108 Å². The van der Waals surface area contributed by atoms with Crippen LogP contribution < -0.4 is 5.73 Å². The third-order valence-corrected chi connectivity index (χ3v) is 2.51. The lowest BCUT2D eigenvalue weighted by Gasteiger charge is -1.97. The number of nitrogens with zero attached hydrogens (tertiary/aromatic N) is 5. The Kier molecular flexibility index (Phi) is 2.64. The van der Waals surface area contributed by atoms with E-state index in [0.29, 0.717) is 34.5 Å². The second-order valence-electron chi connectivity index (χ2n) is 3.88. The zero-order valence-electron chi connectivity index (χ0n) is 10.1. The fourth-order valence-corrected chi connectivity index (χ4v) is 1.62. The Hall–Kier alpha value is -2.83. The van der Waals surface area contributed by atoms with Gasteiger partial charge < -0.3 is 10.3 Å². The largest absolute Gasteiger partial charge is 0.397 e. The van der Waals surface area contributed by atoms with Crippen LogP contribution in [0.3, 0.4) is 0 Å². The van der Waals surface area contributed by atoms with E-state index in [2.05, 4.69) is 25.1 Å². The maximum atomic E-state index is 5.81. The first-order valence-electron chi connectivity index (χ1n) is 5.57. The van der Waals surface area contributed by atoms with Gasteiger partial charge in [-0.1, -0.05) is 5.16 Å². The van der Waals surface area contributed by atoms with Gasteiger partial charge in [0.15, 0.2) is 0 Å². The molecule has 0 aliphatic heterocycles. The number of rotatable bonds is 2. The minimum absolute atomic E-state index is 0.339. The number of anilines is 1. The number of nitrogen functional groups attached to an aromatic ring is 1. The molecule has 0 radical (unpaired) electrons. The molecule has 0 aliphatic carbocycles. The van der Waals surface area contributed by atoms with Crippen molar-refractivity contribution in [3.8, 4) is 23.0 Å². The summed E-state index contributed by atoms with van der Waals surface area (Å²) in [6, 6.07) is 3.44. The molecule has 0 atom stereocenters. The normalized spacial score (nSPS) is 10.6. The smallest absolute Gasteiger partial charge is 0.260 e. The van der Waals surface area contributed by atoms with E-state index in [0.717, 1.165) is 0 Å². The SMILES string of the molecule is Cc1nccc(-c2noc(-c3ccncc3N)n2)n1. The van der Waals surface area contributed by atoms with Crippen LogP contribution >= 0.6 is 0 Å². The van der Waals surface area contributed by atoms with Gasteiger partial charge in [-0.25, -0.2) is 9.97 Å². The highest BCUT2D eigenvalue weighted by molar-refractivity contribution is 5.69. The van der Waals surface area contributed by atoms with Crippen molar-refractivity contribution in [1.82, 2.24) is 25.1 Å². The summed E-state index contributed by atoms with van der Waals surface area (Å²) in [6.45, 7) is 1.80. The average Bonchev–Trinajstić information content (AvgIpc) is 2.89. The molecule has 94 valence electrons. The Balaban J connectivity index is 2.03. The molecular formula is C12H10N6O. The Morgan fingerprint density at radius 2 is 2.05 bits per heavy atom. The lowest BCUT2D eigenvalue weighted by atomic mass is 10.2. The molecule has 3 aromatic rings. The number of nitrogens with two attached hydrogens (primary N) is 1. The van der Waals surface area contributed by atoms with E-state index in [9.17, 15) is 0 Å². The fraction of sp³-hybridized carbons (Fsp3) is 0.0833. The molecule has 19 heavy (non-hydrogen) atoms. The Morgan fingerprint density at radius 3 is 2.84 bits per heavy atom. The molecular weight excluding hydrogens is 244 g/mol. The standard InChI is InChI=1S/C12H10N6O/c1-7-15-5-3-10(16-7)11-17-12(19-18-11)8-2-4-14-6-9(8)13/h2-6H,13H2,1H3. The topological polar surface area (TPSA) is 104 Å². The van der Waals surface area contributed by atoms with Gasteiger partial charge in [-0.05, 0) is 19.1 Å². The van der Waals surface area contributed by atoms with Gasteiger partial charge in [0, 0.05) is 12.4 Å². The zero-order chi connectivity index (χ0) is 13.2. The van der Waals surface area contributed by atoms with E-state index in [1.54, 1.807) is 31.5 Å². The van der Waals surface area contributed by atoms with Gasteiger partial charge in [-0.2, -0.15) is 4.98 Å². The molecule has 3 rings (SSSR count). The first kappa shape index (κ1) is 11.3. The molecule has 7 heteroatoms. The van der Waals surface area contributed by atoms with Gasteiger partial charge in [0.05, 0.1) is 17.4 Å². The van der Waals surface area contributed by atoms with Crippen molar-refractivity contribution in [2.45, 2.75) is 6.92 Å². The molecule has 0 unspecified atom stereocenters. The third-order valence-electron chi connectivity index (χ3n) is 2.51. The van der Waals surface area contributed by atoms with Crippen molar-refractivity contribution in [3.05, 3.63) is 36.5 Å². The maximum Gasteiger partial charge on any atom is 0.260 e. The number of aromatic nitrogens is 5. The fourth-order valence-electron chi connectivity index (χ4n) is 1.62. The van der Waals surface area contributed by atoms with E-state index in [-0.39, 0.29) is 0 Å². The summed E-state index contributed by atoms with van der Waals surface area (Å²) < 4.78 is 5.20. The average molecular weight is 254 g/mol. The van der Waals surface area contributed by atoms with Crippen LogP contribution in [0, 0.1) is 6.92 Å². The highest BCUT2D eigenvalue weighted by atomic mass is 16.5. The van der Waals surface area contributed by atoms with Crippen LogP contribution in [0.5, 0.6) is 0 Å². The maximum absolute atomic E-state index is 5.81. The van der Waals surface area contributed by atoms with Gasteiger partial charge in [0.2, 0.25) is 5.82 Å². The first-order chi connectivity index (χ1) is 9.24. The van der Waals surface area contributed by atoms with E-state index >= 15 is 0 Å². The summed E-state index contributed by atoms with van der Waals surface area (Å²) in [5.41, 5.74) is 7.55. The van der Waals surface area contributed by atoms with E-state index in [1.807, 2.05) is 0 Å². The third kappa shape index (κ3) is 2.13. The Bertz CT molecular complexity index is 723. The van der Waals surface area contributed by atoms with Crippen molar-refractivity contribution in [2.75, 3.05) is 5.73 Å². The molecule has 7 nitrogen and oxygen atoms in total. The minimum Gasteiger partial charge on any atom is -0.397 e. The first-order valence-corrected chi connectivity index (χ1v) is 5.57. The highest BCUT2D eigenvalue weighted by Crippen LogP contribution is 2.24. The van der Waals surface area contributed by atoms with Gasteiger partial charge in [-0.3, -0.25) is 4.98 Å². The van der Waals surface area contributed by atoms with Crippen LogP contribution in [0.2, 0.25) is 0 Å². The molecule has 2 N–H and O–H groups in total. The van der Waals surface area contributed by atoms with Crippen molar-refractivity contribution in [3.63, 3.8) is 0 Å². The summed E-state index contributed by atoms with van der Waals surface area (Å²) in [7, 11) is 0. The monoisotopic (exact) mass is 254 g/mol. The van der Waals surface area contributed by atoms with Crippen LogP contribution in [0.15, 0.2) is 35.2 Å². The predicted octanol–water partition coefficient (Wildman–Crippen LogP) is 1.48. The predicted molar refractivity (Wildman–Crippen MR) is 67.7 cm³/mol. The molecule has 3 heterocycles. The molecule has 0 aliphatic rings. The molecule has 0 fully saturated rings. The molecule has 0 saturated heterocycles. The zero-order valence-corrected chi connectivity index (χ0v) is 10.1. The van der Waals surface area contributed by atoms with Crippen LogP contribution in [0.1, 0.15) is 5.82 Å².